The minimum absolute atomic E-state index is 0.00562. The van der Waals surface area contributed by atoms with Crippen LogP contribution in [0.1, 0.15) is 42.6 Å². The summed E-state index contributed by atoms with van der Waals surface area (Å²) in [5.74, 6) is 0.212. The number of aryl methyl sites for hydroxylation is 1. The Morgan fingerprint density at radius 3 is 2.85 bits per heavy atom. The maximum Gasteiger partial charge on any atom is 0.265 e. The van der Waals surface area contributed by atoms with E-state index in [-0.39, 0.29) is 36.9 Å². The highest BCUT2D eigenvalue weighted by molar-refractivity contribution is 6.05. The molecule has 2 amide bonds. The molecule has 2 heterocycles. The SMILES string of the molecule is CCc1cccc(OCC(=O)c2ccc3c(c2)N(C(C)C(=O)NCC2CCCO2)C(=O)CO3)c1. The molecule has 1 N–H and O–H groups in total. The number of carbonyl (C=O) groups excluding carboxylic acids is 3. The number of fused-ring (bicyclic) bond motifs is 1. The van der Waals surface area contributed by atoms with Crippen LogP contribution in [0, 0.1) is 0 Å². The summed E-state index contributed by atoms with van der Waals surface area (Å²) in [5, 5.41) is 2.87. The third kappa shape index (κ3) is 5.39. The third-order valence-electron chi connectivity index (χ3n) is 6.13. The van der Waals surface area contributed by atoms with Gasteiger partial charge in [0.2, 0.25) is 5.91 Å². The van der Waals surface area contributed by atoms with Crippen LogP contribution in [0.15, 0.2) is 42.5 Å². The fraction of sp³-hybridized carbons (Fsp3) is 0.423. The molecule has 1 fully saturated rings. The zero-order valence-corrected chi connectivity index (χ0v) is 19.5. The van der Waals surface area contributed by atoms with Crippen molar-refractivity contribution < 1.29 is 28.6 Å². The van der Waals surface area contributed by atoms with Crippen molar-refractivity contribution in [1.29, 1.82) is 0 Å². The van der Waals surface area contributed by atoms with Crippen molar-refractivity contribution in [2.75, 3.05) is 31.3 Å². The van der Waals surface area contributed by atoms with Crippen molar-refractivity contribution >= 4 is 23.3 Å². The van der Waals surface area contributed by atoms with Gasteiger partial charge in [0, 0.05) is 18.7 Å². The fourth-order valence-corrected chi connectivity index (χ4v) is 4.14. The lowest BCUT2D eigenvalue weighted by atomic mass is 10.1. The number of ketones is 1. The Bertz CT molecular complexity index is 1060. The quantitative estimate of drug-likeness (QED) is 0.571. The maximum atomic E-state index is 12.8. The molecule has 2 aromatic carbocycles. The first kappa shape index (κ1) is 23.8. The van der Waals surface area contributed by atoms with E-state index in [0.717, 1.165) is 24.8 Å². The molecule has 180 valence electrons. The molecule has 8 nitrogen and oxygen atoms in total. The second-order valence-electron chi connectivity index (χ2n) is 8.50. The molecule has 0 radical (unpaired) electrons. The lowest BCUT2D eigenvalue weighted by Gasteiger charge is -2.33. The van der Waals surface area contributed by atoms with E-state index < -0.39 is 6.04 Å². The first-order chi connectivity index (χ1) is 16.5. The first-order valence-corrected chi connectivity index (χ1v) is 11.7. The third-order valence-corrected chi connectivity index (χ3v) is 6.13. The highest BCUT2D eigenvalue weighted by Gasteiger charge is 2.34. The second kappa shape index (κ2) is 10.7. The van der Waals surface area contributed by atoms with Gasteiger partial charge in [0.25, 0.3) is 5.91 Å². The second-order valence-corrected chi connectivity index (χ2v) is 8.50. The van der Waals surface area contributed by atoms with Gasteiger partial charge in [-0.2, -0.15) is 0 Å². The average Bonchev–Trinajstić information content (AvgIpc) is 3.39. The average molecular weight is 467 g/mol. The summed E-state index contributed by atoms with van der Waals surface area (Å²) in [5.41, 5.74) is 1.90. The van der Waals surface area contributed by atoms with Crippen molar-refractivity contribution in [1.82, 2.24) is 5.32 Å². The van der Waals surface area contributed by atoms with Crippen molar-refractivity contribution in [3.8, 4) is 11.5 Å². The smallest absolute Gasteiger partial charge is 0.265 e. The number of nitrogens with one attached hydrogen (secondary N) is 1. The van der Waals surface area contributed by atoms with E-state index in [1.165, 1.54) is 4.90 Å². The lowest BCUT2D eigenvalue weighted by molar-refractivity contribution is -0.127. The molecular weight excluding hydrogens is 436 g/mol. The molecule has 0 aromatic heterocycles. The summed E-state index contributed by atoms with van der Waals surface area (Å²) in [6, 6.07) is 11.7. The molecule has 2 atom stereocenters. The number of anilines is 1. The number of hydrogen-bond donors (Lipinski definition) is 1. The molecule has 0 bridgehead atoms. The zero-order valence-electron chi connectivity index (χ0n) is 19.5. The standard InChI is InChI=1S/C26H30N2O6/c1-3-18-6-4-7-20(12-18)33-15-23(29)19-9-10-24-22(13-19)28(25(30)16-34-24)17(2)26(31)27-14-21-8-5-11-32-21/h4,6-7,9-10,12-13,17,21H,3,5,8,11,14-16H2,1-2H3,(H,27,31). The van der Waals surface area contributed by atoms with Gasteiger partial charge in [0.05, 0.1) is 11.8 Å². The Labute approximate surface area is 199 Å². The molecule has 0 saturated carbocycles. The van der Waals surface area contributed by atoms with Crippen LogP contribution in [-0.4, -0.2) is 56.1 Å². The number of ether oxygens (including phenoxy) is 3. The topological polar surface area (TPSA) is 94.2 Å². The summed E-state index contributed by atoms with van der Waals surface area (Å²) in [6.45, 7) is 4.52. The Morgan fingerprint density at radius 2 is 2.09 bits per heavy atom. The summed E-state index contributed by atoms with van der Waals surface area (Å²) < 4.78 is 16.8. The summed E-state index contributed by atoms with van der Waals surface area (Å²) >= 11 is 0. The predicted molar refractivity (Wildman–Crippen MR) is 127 cm³/mol. The Balaban J connectivity index is 1.46. The van der Waals surface area contributed by atoms with E-state index in [1.807, 2.05) is 24.3 Å². The molecule has 0 spiro atoms. The van der Waals surface area contributed by atoms with Gasteiger partial charge in [0.1, 0.15) is 17.5 Å². The Morgan fingerprint density at radius 1 is 1.24 bits per heavy atom. The monoisotopic (exact) mass is 466 g/mol. The largest absolute Gasteiger partial charge is 0.485 e. The molecule has 2 aliphatic rings. The molecular formula is C26H30N2O6. The summed E-state index contributed by atoms with van der Waals surface area (Å²) in [7, 11) is 0. The number of amides is 2. The summed E-state index contributed by atoms with van der Waals surface area (Å²) in [6.07, 6.45) is 2.77. The van der Waals surface area contributed by atoms with Crippen LogP contribution in [-0.2, 0) is 20.7 Å². The van der Waals surface area contributed by atoms with Crippen LogP contribution in [0.4, 0.5) is 5.69 Å². The van der Waals surface area contributed by atoms with Crippen LogP contribution < -0.4 is 19.7 Å². The molecule has 2 aromatic rings. The molecule has 8 heteroatoms. The Kier molecular flexibility index (Phi) is 7.47. The van der Waals surface area contributed by atoms with Crippen LogP contribution in [0.5, 0.6) is 11.5 Å². The van der Waals surface area contributed by atoms with E-state index >= 15 is 0 Å². The highest BCUT2D eigenvalue weighted by atomic mass is 16.5. The van der Waals surface area contributed by atoms with Gasteiger partial charge in [0.15, 0.2) is 19.0 Å². The van der Waals surface area contributed by atoms with Gasteiger partial charge in [-0.1, -0.05) is 19.1 Å². The highest BCUT2D eigenvalue weighted by Crippen LogP contribution is 2.34. The number of benzene rings is 2. The van der Waals surface area contributed by atoms with Crippen molar-refractivity contribution in [3.05, 3.63) is 53.6 Å². The normalized spacial score (nSPS) is 18.1. The molecule has 4 rings (SSSR count). The van der Waals surface area contributed by atoms with Gasteiger partial charge in [-0.3, -0.25) is 19.3 Å². The van der Waals surface area contributed by atoms with Gasteiger partial charge in [-0.05, 0) is 62.1 Å². The first-order valence-electron chi connectivity index (χ1n) is 11.7. The molecule has 0 aliphatic carbocycles. The fourth-order valence-electron chi connectivity index (χ4n) is 4.14. The zero-order chi connectivity index (χ0) is 24.1. The van der Waals surface area contributed by atoms with Crippen LogP contribution >= 0.6 is 0 Å². The van der Waals surface area contributed by atoms with Crippen molar-refractivity contribution in [2.24, 2.45) is 0 Å². The van der Waals surface area contributed by atoms with Crippen LogP contribution in [0.2, 0.25) is 0 Å². The van der Waals surface area contributed by atoms with Gasteiger partial charge in [-0.25, -0.2) is 0 Å². The van der Waals surface area contributed by atoms with Gasteiger partial charge >= 0.3 is 0 Å². The number of rotatable bonds is 9. The van der Waals surface area contributed by atoms with E-state index in [4.69, 9.17) is 14.2 Å². The lowest BCUT2D eigenvalue weighted by Crippen LogP contribution is -2.52. The van der Waals surface area contributed by atoms with Gasteiger partial charge in [-0.15, -0.1) is 0 Å². The van der Waals surface area contributed by atoms with Crippen molar-refractivity contribution in [3.63, 3.8) is 0 Å². The van der Waals surface area contributed by atoms with Crippen LogP contribution in [0.3, 0.4) is 0 Å². The minimum Gasteiger partial charge on any atom is -0.485 e. The van der Waals surface area contributed by atoms with E-state index in [9.17, 15) is 14.4 Å². The van der Waals surface area contributed by atoms with Gasteiger partial charge < -0.3 is 19.5 Å². The predicted octanol–water partition coefficient (Wildman–Crippen LogP) is 2.92. The summed E-state index contributed by atoms with van der Waals surface area (Å²) in [4.78, 5) is 39.7. The van der Waals surface area contributed by atoms with E-state index in [1.54, 1.807) is 25.1 Å². The van der Waals surface area contributed by atoms with Crippen molar-refractivity contribution in [2.45, 2.75) is 45.3 Å². The minimum atomic E-state index is -0.769. The number of hydrogen-bond acceptors (Lipinski definition) is 6. The molecule has 1 saturated heterocycles. The van der Waals surface area contributed by atoms with Crippen LogP contribution in [0.25, 0.3) is 0 Å². The maximum absolute atomic E-state index is 12.8. The number of carbonyl (C=O) groups is 3. The van der Waals surface area contributed by atoms with E-state index in [2.05, 4.69) is 12.2 Å². The molecule has 2 aliphatic heterocycles. The Hall–Kier alpha value is -3.39. The molecule has 2 unspecified atom stereocenters. The number of Topliss-reactive ketones (excluding diaryl/α,β-unsaturated/α-hetero) is 1. The molecule has 34 heavy (non-hydrogen) atoms. The number of nitrogens with zero attached hydrogens (tertiary/aromatic N) is 1. The van der Waals surface area contributed by atoms with E-state index in [0.29, 0.717) is 35.9 Å².